The van der Waals surface area contributed by atoms with Gasteiger partial charge < -0.3 is 10.2 Å². The predicted molar refractivity (Wildman–Crippen MR) is 86.1 cm³/mol. The second-order valence-electron chi connectivity index (χ2n) is 5.08. The molecule has 7 nitrogen and oxygen atoms in total. The maximum atomic E-state index is 4.57. The van der Waals surface area contributed by atoms with E-state index in [1.54, 1.807) is 13.2 Å². The first-order valence-corrected chi connectivity index (χ1v) is 7.24. The summed E-state index contributed by atoms with van der Waals surface area (Å²) in [5.74, 6) is 1.63. The molecular formula is C15H19N7. The molecule has 3 aromatic heterocycles. The number of fused-ring (bicyclic) bond motifs is 1. The summed E-state index contributed by atoms with van der Waals surface area (Å²) in [7, 11) is 3.83. The lowest BCUT2D eigenvalue weighted by molar-refractivity contribution is 0.817. The number of hydrogen-bond acceptors (Lipinski definition) is 6. The molecule has 0 saturated carbocycles. The van der Waals surface area contributed by atoms with Crippen molar-refractivity contribution in [3.8, 4) is 0 Å². The quantitative estimate of drug-likeness (QED) is 0.774. The fraction of sp³-hybridized carbons (Fsp3) is 0.333. The van der Waals surface area contributed by atoms with Crippen LogP contribution in [0.25, 0.3) is 5.65 Å². The number of aromatic nitrogens is 5. The van der Waals surface area contributed by atoms with E-state index in [1.165, 1.54) is 0 Å². The highest BCUT2D eigenvalue weighted by Gasteiger charge is 2.11. The third-order valence-corrected chi connectivity index (χ3v) is 3.50. The molecule has 22 heavy (non-hydrogen) atoms. The first-order valence-electron chi connectivity index (χ1n) is 7.24. The summed E-state index contributed by atoms with van der Waals surface area (Å²) < 4.78 is 1.85. The Balaban J connectivity index is 1.90. The van der Waals surface area contributed by atoms with Crippen LogP contribution in [0.2, 0.25) is 0 Å². The second kappa shape index (κ2) is 5.97. The number of hydrogen-bond donors (Lipinski definition) is 1. The van der Waals surface area contributed by atoms with Crippen LogP contribution in [0, 0.1) is 0 Å². The Labute approximate surface area is 129 Å². The van der Waals surface area contributed by atoms with Crippen molar-refractivity contribution in [3.05, 3.63) is 42.0 Å². The van der Waals surface area contributed by atoms with E-state index in [2.05, 4.69) is 43.3 Å². The average Bonchev–Trinajstić information content (AvgIpc) is 3.02. The SMILES string of the molecule is CCc1cc(N(C)Cc2cnc(NC)nc2)n2nccc2n1. The Bertz CT molecular complexity index is 763. The minimum atomic E-state index is 0.623. The third-order valence-electron chi connectivity index (χ3n) is 3.50. The summed E-state index contributed by atoms with van der Waals surface area (Å²) >= 11 is 0. The molecule has 0 fully saturated rings. The predicted octanol–water partition coefficient (Wildman–Crippen LogP) is 1.76. The third kappa shape index (κ3) is 2.69. The van der Waals surface area contributed by atoms with Crippen molar-refractivity contribution in [1.29, 1.82) is 0 Å². The Morgan fingerprint density at radius 1 is 1.27 bits per heavy atom. The maximum Gasteiger partial charge on any atom is 0.222 e. The fourth-order valence-corrected chi connectivity index (χ4v) is 2.32. The largest absolute Gasteiger partial charge is 0.357 e. The minimum absolute atomic E-state index is 0.623. The Morgan fingerprint density at radius 2 is 2.05 bits per heavy atom. The smallest absolute Gasteiger partial charge is 0.222 e. The minimum Gasteiger partial charge on any atom is -0.357 e. The molecule has 0 aliphatic rings. The number of aryl methyl sites for hydroxylation is 1. The van der Waals surface area contributed by atoms with Crippen molar-refractivity contribution < 1.29 is 0 Å². The summed E-state index contributed by atoms with van der Waals surface area (Å²) in [4.78, 5) is 15.2. The van der Waals surface area contributed by atoms with E-state index in [1.807, 2.05) is 30.0 Å². The molecule has 0 unspecified atom stereocenters. The highest BCUT2D eigenvalue weighted by Crippen LogP contribution is 2.18. The van der Waals surface area contributed by atoms with Crippen LogP contribution >= 0.6 is 0 Å². The molecular weight excluding hydrogens is 278 g/mol. The molecule has 0 bridgehead atoms. The van der Waals surface area contributed by atoms with Gasteiger partial charge in [-0.05, 0) is 6.42 Å². The molecule has 3 rings (SSSR count). The first kappa shape index (κ1) is 14.2. The summed E-state index contributed by atoms with van der Waals surface area (Å²) in [6, 6.07) is 3.99. The average molecular weight is 297 g/mol. The summed E-state index contributed by atoms with van der Waals surface area (Å²) in [6.45, 7) is 2.80. The van der Waals surface area contributed by atoms with Crippen LogP contribution in [-0.4, -0.2) is 38.7 Å². The molecule has 0 aliphatic carbocycles. The van der Waals surface area contributed by atoms with Gasteiger partial charge in [-0.15, -0.1) is 0 Å². The van der Waals surface area contributed by atoms with E-state index in [9.17, 15) is 0 Å². The molecule has 0 saturated heterocycles. The van der Waals surface area contributed by atoms with Crippen LogP contribution in [0.3, 0.4) is 0 Å². The van der Waals surface area contributed by atoms with Crippen LogP contribution in [0.1, 0.15) is 18.2 Å². The van der Waals surface area contributed by atoms with Gasteiger partial charge in [0, 0.05) is 56.4 Å². The zero-order valence-corrected chi connectivity index (χ0v) is 13.0. The molecule has 0 spiro atoms. The van der Waals surface area contributed by atoms with E-state index in [0.717, 1.165) is 29.1 Å². The monoisotopic (exact) mass is 297 g/mol. The van der Waals surface area contributed by atoms with Crippen molar-refractivity contribution in [1.82, 2.24) is 24.6 Å². The van der Waals surface area contributed by atoms with Crippen molar-refractivity contribution in [2.45, 2.75) is 19.9 Å². The van der Waals surface area contributed by atoms with Gasteiger partial charge in [0.2, 0.25) is 5.95 Å². The maximum absolute atomic E-state index is 4.57. The molecule has 7 heteroatoms. The molecule has 0 aliphatic heterocycles. The molecule has 0 atom stereocenters. The lowest BCUT2D eigenvalue weighted by Gasteiger charge is -2.20. The highest BCUT2D eigenvalue weighted by atomic mass is 15.3. The van der Waals surface area contributed by atoms with E-state index >= 15 is 0 Å². The standard InChI is InChI=1S/C15H19N7/c1-4-12-7-14(22-13(20-12)5-6-19-22)21(3)10-11-8-17-15(16-2)18-9-11/h5-9H,4,10H2,1-3H3,(H,16,17,18). The number of anilines is 2. The lowest BCUT2D eigenvalue weighted by atomic mass is 10.3. The van der Waals surface area contributed by atoms with Crippen molar-refractivity contribution in [3.63, 3.8) is 0 Å². The summed E-state index contributed by atoms with van der Waals surface area (Å²) in [6.07, 6.45) is 6.32. The van der Waals surface area contributed by atoms with Gasteiger partial charge in [0.05, 0.1) is 6.20 Å². The molecule has 0 aromatic carbocycles. The number of rotatable bonds is 5. The Kier molecular flexibility index (Phi) is 3.86. The molecule has 0 amide bonds. The fourth-order valence-electron chi connectivity index (χ4n) is 2.32. The van der Waals surface area contributed by atoms with Crippen LogP contribution in [0.15, 0.2) is 30.7 Å². The van der Waals surface area contributed by atoms with Gasteiger partial charge in [0.25, 0.3) is 0 Å². The van der Waals surface area contributed by atoms with Crippen LogP contribution in [0.4, 0.5) is 11.8 Å². The normalized spacial score (nSPS) is 10.9. The number of nitrogens with one attached hydrogen (secondary N) is 1. The van der Waals surface area contributed by atoms with Gasteiger partial charge in [-0.25, -0.2) is 15.0 Å². The van der Waals surface area contributed by atoms with Gasteiger partial charge in [-0.3, -0.25) is 0 Å². The summed E-state index contributed by atoms with van der Waals surface area (Å²) in [5, 5.41) is 7.27. The molecule has 1 N–H and O–H groups in total. The van der Waals surface area contributed by atoms with Crippen molar-refractivity contribution in [2.24, 2.45) is 0 Å². The molecule has 114 valence electrons. The van der Waals surface area contributed by atoms with Crippen LogP contribution in [-0.2, 0) is 13.0 Å². The van der Waals surface area contributed by atoms with E-state index in [-0.39, 0.29) is 0 Å². The highest BCUT2D eigenvalue weighted by molar-refractivity contribution is 5.50. The van der Waals surface area contributed by atoms with Gasteiger partial charge in [0.15, 0.2) is 5.65 Å². The van der Waals surface area contributed by atoms with E-state index < -0.39 is 0 Å². The zero-order valence-electron chi connectivity index (χ0n) is 13.0. The van der Waals surface area contributed by atoms with E-state index in [0.29, 0.717) is 12.5 Å². The topological polar surface area (TPSA) is 71.2 Å². The lowest BCUT2D eigenvalue weighted by Crippen LogP contribution is -2.20. The molecule has 3 aromatic rings. The Hall–Kier alpha value is -2.70. The molecule has 0 radical (unpaired) electrons. The van der Waals surface area contributed by atoms with Crippen LogP contribution < -0.4 is 10.2 Å². The molecule has 3 heterocycles. The van der Waals surface area contributed by atoms with E-state index in [4.69, 9.17) is 0 Å². The summed E-state index contributed by atoms with van der Waals surface area (Å²) in [5.41, 5.74) is 2.95. The van der Waals surface area contributed by atoms with Crippen molar-refractivity contribution >= 4 is 17.4 Å². The van der Waals surface area contributed by atoms with Gasteiger partial charge >= 0.3 is 0 Å². The Morgan fingerprint density at radius 3 is 2.73 bits per heavy atom. The second-order valence-corrected chi connectivity index (χ2v) is 5.08. The van der Waals surface area contributed by atoms with Gasteiger partial charge in [-0.1, -0.05) is 6.92 Å². The number of nitrogens with zero attached hydrogens (tertiary/aromatic N) is 6. The van der Waals surface area contributed by atoms with Crippen LogP contribution in [0.5, 0.6) is 0 Å². The van der Waals surface area contributed by atoms with Gasteiger partial charge in [0.1, 0.15) is 5.82 Å². The first-order chi connectivity index (χ1) is 10.7. The van der Waals surface area contributed by atoms with Crippen molar-refractivity contribution in [2.75, 3.05) is 24.3 Å². The van der Waals surface area contributed by atoms with Gasteiger partial charge in [-0.2, -0.15) is 9.61 Å². The zero-order chi connectivity index (χ0) is 15.5.